The number of fused-ring (bicyclic) bond motifs is 1. The molecular weight excluding hydrogens is 566 g/mol. The average Bonchev–Trinajstić information content (AvgIpc) is 2.95. The number of aliphatic imine (C=N–C) groups is 1. The first kappa shape index (κ1) is 30.9. The maximum absolute atomic E-state index is 13.9. The molecule has 2 aromatic carbocycles. The molecule has 0 aliphatic carbocycles. The van der Waals surface area contributed by atoms with Crippen LogP contribution in [0.3, 0.4) is 0 Å². The molecule has 3 atom stereocenters. The quantitative estimate of drug-likeness (QED) is 0.409. The van der Waals surface area contributed by atoms with Crippen LogP contribution in [0.25, 0.3) is 0 Å². The molecule has 3 rings (SSSR count). The van der Waals surface area contributed by atoms with Crippen LogP contribution < -0.4 is 16.4 Å². The third kappa shape index (κ3) is 6.57. The number of nitrogens with two attached hydrogens (primary N) is 2. The molecule has 0 aromatic heterocycles. The number of rotatable bonds is 9. The molecule has 7 nitrogen and oxygen atoms in total. The van der Waals surface area contributed by atoms with Crippen molar-refractivity contribution in [2.24, 2.45) is 27.8 Å². The van der Waals surface area contributed by atoms with Crippen molar-refractivity contribution in [3.8, 4) is 0 Å². The summed E-state index contributed by atoms with van der Waals surface area (Å²) in [4.78, 5) is 45.0. The predicted molar refractivity (Wildman–Crippen MR) is 136 cm³/mol. The first-order valence-electron chi connectivity index (χ1n) is 11.9. The Labute approximate surface area is 230 Å². The Bertz CT molecular complexity index is 1320. The van der Waals surface area contributed by atoms with E-state index in [9.17, 15) is 40.7 Å². The van der Waals surface area contributed by atoms with Crippen LogP contribution in [-0.2, 0) is 14.4 Å². The van der Waals surface area contributed by atoms with Gasteiger partial charge in [0.1, 0.15) is 6.04 Å². The van der Waals surface area contributed by atoms with Gasteiger partial charge in [0.05, 0.1) is 22.7 Å². The number of carbonyl (C=O) groups is 3. The molecule has 2 aromatic rings. The van der Waals surface area contributed by atoms with E-state index in [0.717, 1.165) is 4.90 Å². The number of halogens is 7. The minimum absolute atomic E-state index is 0.00234. The van der Waals surface area contributed by atoms with Crippen molar-refractivity contribution in [3.63, 3.8) is 0 Å². The smallest absolute Gasteiger partial charge is 0.369 e. The normalized spacial score (nSPS) is 18.3. The summed E-state index contributed by atoms with van der Waals surface area (Å²) in [7, 11) is 1.25. The second-order valence-electron chi connectivity index (χ2n) is 9.43. The number of carbonyl (C=O) groups excluding carboxylic acids is 3. The minimum atomic E-state index is -4.94. The molecule has 0 saturated carbocycles. The fraction of sp³-hybridized carbons (Fsp3) is 0.385. The van der Waals surface area contributed by atoms with Gasteiger partial charge in [-0.05, 0) is 31.0 Å². The molecule has 0 fully saturated rings. The van der Waals surface area contributed by atoms with Gasteiger partial charge in [-0.1, -0.05) is 41.9 Å². The van der Waals surface area contributed by atoms with Crippen molar-refractivity contribution < 1.29 is 40.7 Å². The number of amides is 3. The van der Waals surface area contributed by atoms with E-state index in [1.54, 1.807) is 30.3 Å². The Morgan fingerprint density at radius 3 is 2.10 bits per heavy atom. The Hall–Kier alpha value is -3.61. The number of hydrogen-bond donors (Lipinski definition) is 2. The van der Waals surface area contributed by atoms with E-state index in [0.29, 0.717) is 5.56 Å². The van der Waals surface area contributed by atoms with Crippen molar-refractivity contribution in [2.75, 3.05) is 11.9 Å². The zero-order chi connectivity index (χ0) is 30.0. The van der Waals surface area contributed by atoms with E-state index in [4.69, 9.17) is 23.1 Å². The van der Waals surface area contributed by atoms with E-state index in [-0.39, 0.29) is 22.0 Å². The molecule has 1 aliphatic rings. The number of alkyl halides is 6. The molecule has 0 radical (unpaired) electrons. The van der Waals surface area contributed by atoms with E-state index in [2.05, 4.69) is 4.99 Å². The van der Waals surface area contributed by atoms with E-state index >= 15 is 0 Å². The highest BCUT2D eigenvalue weighted by Gasteiger charge is 2.58. The number of nitrogens with zero attached hydrogens (tertiary/aromatic N) is 2. The second-order valence-corrected chi connectivity index (χ2v) is 9.87. The number of hydrogen-bond acceptors (Lipinski definition) is 4. The topological polar surface area (TPSA) is 119 Å². The molecule has 3 amide bonds. The number of benzodiazepines with no additional fused rings is 1. The maximum Gasteiger partial charge on any atom is 0.389 e. The third-order valence-corrected chi connectivity index (χ3v) is 7.13. The highest BCUT2D eigenvalue weighted by Crippen LogP contribution is 2.46. The first-order chi connectivity index (χ1) is 18.5. The summed E-state index contributed by atoms with van der Waals surface area (Å²) >= 11 is 6.19. The fourth-order valence-corrected chi connectivity index (χ4v) is 5.12. The molecular formula is C26H25ClF6N4O3. The number of benzene rings is 2. The molecule has 1 aliphatic heterocycles. The largest absolute Gasteiger partial charge is 0.389 e. The van der Waals surface area contributed by atoms with Gasteiger partial charge in [-0.2, -0.15) is 26.3 Å². The summed E-state index contributed by atoms with van der Waals surface area (Å²) in [6.45, 7) is 0. The van der Waals surface area contributed by atoms with Crippen LogP contribution in [-0.4, -0.2) is 48.9 Å². The van der Waals surface area contributed by atoms with Crippen molar-refractivity contribution in [3.05, 3.63) is 64.7 Å². The summed E-state index contributed by atoms with van der Waals surface area (Å²) in [5, 5.41) is 0.208. The molecule has 216 valence electrons. The van der Waals surface area contributed by atoms with Crippen LogP contribution in [0.4, 0.5) is 32.0 Å². The lowest BCUT2D eigenvalue weighted by molar-refractivity contribution is -0.163. The molecule has 0 saturated heterocycles. The summed E-state index contributed by atoms with van der Waals surface area (Å²) in [6, 6.07) is 10.2. The summed E-state index contributed by atoms with van der Waals surface area (Å²) < 4.78 is 80.2. The molecule has 40 heavy (non-hydrogen) atoms. The second kappa shape index (κ2) is 11.5. The Balaban J connectivity index is 2.39. The minimum Gasteiger partial charge on any atom is -0.369 e. The van der Waals surface area contributed by atoms with Crippen LogP contribution in [0.2, 0.25) is 5.02 Å². The number of likely N-dealkylation sites (N-methyl/N-ethyl adjacent to an activating group) is 1. The number of anilines is 1. The fourth-order valence-electron chi connectivity index (χ4n) is 4.95. The molecule has 14 heteroatoms. The van der Waals surface area contributed by atoms with Crippen molar-refractivity contribution in [2.45, 2.75) is 44.1 Å². The van der Waals surface area contributed by atoms with Crippen LogP contribution in [0.5, 0.6) is 0 Å². The maximum atomic E-state index is 13.9. The standard InChI is InChI=1S/C26H25ClF6N4O3/c1-37-18-8-7-15(27)13-16(18)19(14-5-3-2-4-6-14)36-20(22(37)39)24(23(35)40,11-12-26(31,32)33)17(21(34)38)9-10-25(28,29)30/h2-8,13,17,20H,9-12H2,1H3,(H2,34,38)(H2,35,40)/t17?,20-,24?/m1/s1. The lowest BCUT2D eigenvalue weighted by atomic mass is 9.64. The predicted octanol–water partition coefficient (Wildman–Crippen LogP) is 4.78. The van der Waals surface area contributed by atoms with Crippen molar-refractivity contribution in [1.82, 2.24) is 0 Å². The SMILES string of the molecule is CN1C(=O)[C@H](C(CCC(F)(F)F)(C(N)=O)C(CCC(F)(F)F)C(N)=O)N=C(c2ccccc2)c2cc(Cl)ccc21. The van der Waals surface area contributed by atoms with E-state index in [1.807, 2.05) is 0 Å². The monoisotopic (exact) mass is 590 g/mol. The summed E-state index contributed by atoms with van der Waals surface area (Å²) in [6.07, 6.45) is -15.7. The number of primary amides is 2. The zero-order valence-corrected chi connectivity index (χ0v) is 21.8. The lowest BCUT2D eigenvalue weighted by Crippen LogP contribution is -2.59. The van der Waals surface area contributed by atoms with Gasteiger partial charge in [0.25, 0.3) is 5.91 Å². The average molecular weight is 591 g/mol. The van der Waals surface area contributed by atoms with Gasteiger partial charge in [-0.25, -0.2) is 0 Å². The third-order valence-electron chi connectivity index (χ3n) is 6.90. The molecule has 0 bridgehead atoms. The zero-order valence-electron chi connectivity index (χ0n) is 21.0. The molecule has 0 spiro atoms. The van der Waals surface area contributed by atoms with Gasteiger partial charge in [0, 0.05) is 36.0 Å². The highest BCUT2D eigenvalue weighted by molar-refractivity contribution is 6.32. The van der Waals surface area contributed by atoms with E-state index in [1.165, 1.54) is 25.2 Å². The van der Waals surface area contributed by atoms with Crippen LogP contribution in [0.1, 0.15) is 36.8 Å². The van der Waals surface area contributed by atoms with Gasteiger partial charge >= 0.3 is 12.4 Å². The first-order valence-corrected chi connectivity index (χ1v) is 12.3. The lowest BCUT2D eigenvalue weighted by Gasteiger charge is -2.41. The Morgan fingerprint density at radius 1 is 0.975 bits per heavy atom. The molecule has 2 unspecified atom stereocenters. The Morgan fingerprint density at radius 2 is 1.57 bits per heavy atom. The van der Waals surface area contributed by atoms with Crippen molar-refractivity contribution in [1.29, 1.82) is 0 Å². The van der Waals surface area contributed by atoms with Gasteiger partial charge in [-0.15, -0.1) is 0 Å². The Kier molecular flexibility index (Phi) is 8.87. The summed E-state index contributed by atoms with van der Waals surface area (Å²) in [5.74, 6) is -6.44. The van der Waals surface area contributed by atoms with Crippen LogP contribution in [0, 0.1) is 11.3 Å². The van der Waals surface area contributed by atoms with Gasteiger partial charge < -0.3 is 16.4 Å². The molecule has 1 heterocycles. The van der Waals surface area contributed by atoms with Crippen LogP contribution in [0.15, 0.2) is 53.5 Å². The van der Waals surface area contributed by atoms with Crippen molar-refractivity contribution >= 4 is 40.7 Å². The van der Waals surface area contributed by atoms with Crippen LogP contribution >= 0.6 is 11.6 Å². The van der Waals surface area contributed by atoms with Gasteiger partial charge in [0.2, 0.25) is 11.8 Å². The van der Waals surface area contributed by atoms with E-state index < -0.39 is 73.1 Å². The van der Waals surface area contributed by atoms with Gasteiger partial charge in [-0.3, -0.25) is 19.4 Å². The molecule has 4 N–H and O–H groups in total. The highest BCUT2D eigenvalue weighted by atomic mass is 35.5. The summed E-state index contributed by atoms with van der Waals surface area (Å²) in [5.41, 5.74) is 8.96. The van der Waals surface area contributed by atoms with Gasteiger partial charge in [0.15, 0.2) is 0 Å².